The lowest BCUT2D eigenvalue weighted by Gasteiger charge is -2.26. The smallest absolute Gasteiger partial charge is 0.0766 e. The summed E-state index contributed by atoms with van der Waals surface area (Å²) in [6, 6.07) is 10.7. The SMILES string of the molecule is CC1CCC(CNc2ccc(C(C)(C)C#N)cc2)CC1. The van der Waals surface area contributed by atoms with Crippen LogP contribution in [-0.4, -0.2) is 6.54 Å². The van der Waals surface area contributed by atoms with Gasteiger partial charge in [0.05, 0.1) is 11.5 Å². The molecule has 2 rings (SSSR count). The highest BCUT2D eigenvalue weighted by Crippen LogP contribution is 2.29. The third-order valence-corrected chi connectivity index (χ3v) is 4.62. The van der Waals surface area contributed by atoms with Crippen LogP contribution in [0.2, 0.25) is 0 Å². The van der Waals surface area contributed by atoms with E-state index in [9.17, 15) is 0 Å². The zero-order valence-electron chi connectivity index (χ0n) is 12.9. The van der Waals surface area contributed by atoms with Crippen molar-refractivity contribution in [3.63, 3.8) is 0 Å². The number of hydrogen-bond donors (Lipinski definition) is 1. The van der Waals surface area contributed by atoms with Gasteiger partial charge in [-0.2, -0.15) is 5.26 Å². The molecule has 2 nitrogen and oxygen atoms in total. The average molecular weight is 270 g/mol. The molecule has 0 aliphatic heterocycles. The van der Waals surface area contributed by atoms with Gasteiger partial charge in [-0.25, -0.2) is 0 Å². The van der Waals surface area contributed by atoms with Crippen LogP contribution in [0.15, 0.2) is 24.3 Å². The predicted molar refractivity (Wildman–Crippen MR) is 84.7 cm³/mol. The van der Waals surface area contributed by atoms with Crippen LogP contribution in [0.3, 0.4) is 0 Å². The Morgan fingerprint density at radius 3 is 2.30 bits per heavy atom. The van der Waals surface area contributed by atoms with Gasteiger partial charge < -0.3 is 5.32 Å². The summed E-state index contributed by atoms with van der Waals surface area (Å²) < 4.78 is 0. The molecule has 0 aromatic heterocycles. The van der Waals surface area contributed by atoms with Crippen molar-refractivity contribution < 1.29 is 0 Å². The number of nitrogens with one attached hydrogen (secondary N) is 1. The second-order valence-corrected chi connectivity index (χ2v) is 6.82. The highest BCUT2D eigenvalue weighted by Gasteiger charge is 2.20. The summed E-state index contributed by atoms with van der Waals surface area (Å²) in [4.78, 5) is 0. The van der Waals surface area contributed by atoms with E-state index in [0.717, 1.165) is 23.9 Å². The summed E-state index contributed by atoms with van der Waals surface area (Å²) in [6.45, 7) is 7.35. The Labute approximate surface area is 123 Å². The van der Waals surface area contributed by atoms with E-state index in [1.54, 1.807) is 0 Å². The molecule has 0 spiro atoms. The number of anilines is 1. The first kappa shape index (κ1) is 14.9. The maximum absolute atomic E-state index is 9.15. The number of benzene rings is 1. The van der Waals surface area contributed by atoms with Crippen molar-refractivity contribution in [3.05, 3.63) is 29.8 Å². The largest absolute Gasteiger partial charge is 0.385 e. The Bertz CT molecular complexity index is 459. The van der Waals surface area contributed by atoms with Crippen molar-refractivity contribution in [3.8, 4) is 6.07 Å². The molecule has 1 N–H and O–H groups in total. The summed E-state index contributed by atoms with van der Waals surface area (Å²) in [5.74, 6) is 1.74. The first-order valence-electron chi connectivity index (χ1n) is 7.77. The average Bonchev–Trinajstić information content (AvgIpc) is 2.47. The van der Waals surface area contributed by atoms with Crippen LogP contribution in [0.5, 0.6) is 0 Å². The topological polar surface area (TPSA) is 35.8 Å². The number of rotatable bonds is 4. The molecule has 0 atom stereocenters. The summed E-state index contributed by atoms with van der Waals surface area (Å²) in [5, 5.41) is 12.7. The van der Waals surface area contributed by atoms with Crippen LogP contribution >= 0.6 is 0 Å². The van der Waals surface area contributed by atoms with Crippen LogP contribution in [0.1, 0.15) is 52.0 Å². The van der Waals surface area contributed by atoms with Crippen molar-refractivity contribution in [2.75, 3.05) is 11.9 Å². The quantitative estimate of drug-likeness (QED) is 0.858. The molecule has 0 unspecified atom stereocenters. The third kappa shape index (κ3) is 3.76. The Balaban J connectivity index is 1.87. The van der Waals surface area contributed by atoms with E-state index >= 15 is 0 Å². The molecule has 1 saturated carbocycles. The Morgan fingerprint density at radius 1 is 1.15 bits per heavy atom. The molecule has 1 aliphatic carbocycles. The molecule has 1 aliphatic rings. The molecule has 2 heteroatoms. The van der Waals surface area contributed by atoms with Gasteiger partial charge in [-0.3, -0.25) is 0 Å². The summed E-state index contributed by atoms with van der Waals surface area (Å²) >= 11 is 0. The molecule has 0 bridgehead atoms. The molecule has 1 aromatic rings. The number of nitrogens with zero attached hydrogens (tertiary/aromatic N) is 1. The Hall–Kier alpha value is -1.49. The molecular weight excluding hydrogens is 244 g/mol. The normalized spacial score (nSPS) is 23.1. The van der Waals surface area contributed by atoms with Gasteiger partial charge in [0.25, 0.3) is 0 Å². The zero-order chi connectivity index (χ0) is 14.6. The molecule has 20 heavy (non-hydrogen) atoms. The van der Waals surface area contributed by atoms with E-state index in [4.69, 9.17) is 5.26 Å². The van der Waals surface area contributed by atoms with Crippen LogP contribution in [-0.2, 0) is 5.41 Å². The lowest BCUT2D eigenvalue weighted by molar-refractivity contribution is 0.300. The molecule has 0 saturated heterocycles. The van der Waals surface area contributed by atoms with Crippen molar-refractivity contribution in [2.45, 2.75) is 51.9 Å². The summed E-state index contributed by atoms with van der Waals surface area (Å²) in [5.41, 5.74) is 1.84. The van der Waals surface area contributed by atoms with Crippen LogP contribution in [0, 0.1) is 23.2 Å². The van der Waals surface area contributed by atoms with Gasteiger partial charge in [0.1, 0.15) is 0 Å². The molecular formula is C18H26N2. The van der Waals surface area contributed by atoms with Crippen molar-refractivity contribution in [1.82, 2.24) is 0 Å². The highest BCUT2D eigenvalue weighted by molar-refractivity contribution is 5.47. The fraction of sp³-hybridized carbons (Fsp3) is 0.611. The van der Waals surface area contributed by atoms with Gasteiger partial charge in [0.15, 0.2) is 0 Å². The van der Waals surface area contributed by atoms with Crippen LogP contribution in [0.25, 0.3) is 0 Å². The van der Waals surface area contributed by atoms with E-state index in [1.165, 1.54) is 31.4 Å². The maximum Gasteiger partial charge on any atom is 0.0766 e. The Morgan fingerprint density at radius 2 is 1.75 bits per heavy atom. The molecule has 0 amide bonds. The van der Waals surface area contributed by atoms with Crippen LogP contribution < -0.4 is 5.32 Å². The molecule has 1 aromatic carbocycles. The minimum Gasteiger partial charge on any atom is -0.385 e. The minimum atomic E-state index is -0.405. The highest BCUT2D eigenvalue weighted by atomic mass is 14.9. The zero-order valence-corrected chi connectivity index (χ0v) is 12.9. The van der Waals surface area contributed by atoms with E-state index in [1.807, 2.05) is 13.8 Å². The molecule has 0 heterocycles. The fourth-order valence-electron chi connectivity index (χ4n) is 2.86. The predicted octanol–water partition coefficient (Wildman–Crippen LogP) is 4.73. The third-order valence-electron chi connectivity index (χ3n) is 4.62. The standard InChI is InChI=1S/C18H26N2/c1-14-4-6-15(7-5-14)12-20-17-10-8-16(9-11-17)18(2,3)13-19/h8-11,14-15,20H,4-7,12H2,1-3H3. The first-order chi connectivity index (χ1) is 9.51. The lowest BCUT2D eigenvalue weighted by Crippen LogP contribution is -2.20. The van der Waals surface area contributed by atoms with E-state index in [2.05, 4.69) is 42.6 Å². The van der Waals surface area contributed by atoms with Gasteiger partial charge in [0, 0.05) is 12.2 Å². The molecule has 0 radical (unpaired) electrons. The molecule has 1 fully saturated rings. The van der Waals surface area contributed by atoms with E-state index < -0.39 is 5.41 Å². The minimum absolute atomic E-state index is 0.405. The monoisotopic (exact) mass is 270 g/mol. The van der Waals surface area contributed by atoms with E-state index in [-0.39, 0.29) is 0 Å². The van der Waals surface area contributed by atoms with Crippen molar-refractivity contribution >= 4 is 5.69 Å². The molecule has 108 valence electrons. The van der Waals surface area contributed by atoms with Gasteiger partial charge in [-0.05, 0) is 56.2 Å². The second kappa shape index (κ2) is 6.31. The van der Waals surface area contributed by atoms with E-state index in [0.29, 0.717) is 0 Å². The second-order valence-electron chi connectivity index (χ2n) is 6.82. The van der Waals surface area contributed by atoms with Crippen molar-refractivity contribution in [1.29, 1.82) is 5.26 Å². The first-order valence-corrected chi connectivity index (χ1v) is 7.77. The van der Waals surface area contributed by atoms with Crippen molar-refractivity contribution in [2.24, 2.45) is 11.8 Å². The maximum atomic E-state index is 9.15. The van der Waals surface area contributed by atoms with Gasteiger partial charge in [-0.15, -0.1) is 0 Å². The Kier molecular flexibility index (Phi) is 4.70. The van der Waals surface area contributed by atoms with Gasteiger partial charge >= 0.3 is 0 Å². The summed E-state index contributed by atoms with van der Waals surface area (Å²) in [6.07, 6.45) is 5.46. The fourth-order valence-corrected chi connectivity index (χ4v) is 2.86. The summed E-state index contributed by atoms with van der Waals surface area (Å²) in [7, 11) is 0. The number of nitriles is 1. The number of hydrogen-bond acceptors (Lipinski definition) is 2. The van der Waals surface area contributed by atoms with Crippen LogP contribution in [0.4, 0.5) is 5.69 Å². The van der Waals surface area contributed by atoms with Gasteiger partial charge in [-0.1, -0.05) is 31.9 Å². The van der Waals surface area contributed by atoms with Gasteiger partial charge in [0.2, 0.25) is 0 Å². The lowest BCUT2D eigenvalue weighted by atomic mass is 9.83.